The predicted octanol–water partition coefficient (Wildman–Crippen LogP) is 2.70. The summed E-state index contributed by atoms with van der Waals surface area (Å²) in [4.78, 5) is 14.1. The molecule has 2 N–H and O–H groups in total. The van der Waals surface area contributed by atoms with Crippen LogP contribution in [0.3, 0.4) is 0 Å². The SMILES string of the molecule is CC(Oc1cc(N)ccc1Cl)C(=O)N1CCCCC1. The summed E-state index contributed by atoms with van der Waals surface area (Å²) in [5.74, 6) is 0.470. The molecule has 0 bridgehead atoms. The van der Waals surface area contributed by atoms with Gasteiger partial charge in [0.15, 0.2) is 6.10 Å². The zero-order valence-corrected chi connectivity index (χ0v) is 11.8. The number of hydrogen-bond donors (Lipinski definition) is 1. The van der Waals surface area contributed by atoms with Crippen LogP contribution in [-0.2, 0) is 4.79 Å². The number of piperidine rings is 1. The highest BCUT2D eigenvalue weighted by atomic mass is 35.5. The van der Waals surface area contributed by atoms with Crippen molar-refractivity contribution in [2.24, 2.45) is 0 Å². The minimum Gasteiger partial charge on any atom is -0.479 e. The number of nitrogens with two attached hydrogens (primary N) is 1. The van der Waals surface area contributed by atoms with Crippen LogP contribution in [0.15, 0.2) is 18.2 Å². The number of benzene rings is 1. The standard InChI is InChI=1S/C14H19ClN2O2/c1-10(14(18)17-7-3-2-4-8-17)19-13-9-11(16)5-6-12(13)15/h5-6,9-10H,2-4,7-8,16H2,1H3. The zero-order valence-electron chi connectivity index (χ0n) is 11.1. The van der Waals surface area contributed by atoms with Crippen molar-refractivity contribution in [1.29, 1.82) is 0 Å². The van der Waals surface area contributed by atoms with E-state index in [1.807, 2.05) is 4.90 Å². The molecule has 2 rings (SSSR count). The maximum absolute atomic E-state index is 12.2. The number of amides is 1. The van der Waals surface area contributed by atoms with Gasteiger partial charge in [-0.2, -0.15) is 0 Å². The van der Waals surface area contributed by atoms with E-state index in [1.165, 1.54) is 6.42 Å². The minimum atomic E-state index is -0.544. The van der Waals surface area contributed by atoms with Crippen LogP contribution in [0.4, 0.5) is 5.69 Å². The lowest BCUT2D eigenvalue weighted by Gasteiger charge is -2.29. The van der Waals surface area contributed by atoms with E-state index in [0.717, 1.165) is 25.9 Å². The summed E-state index contributed by atoms with van der Waals surface area (Å²) in [5, 5.41) is 0.465. The minimum absolute atomic E-state index is 0.0122. The average Bonchev–Trinajstić information content (AvgIpc) is 2.43. The van der Waals surface area contributed by atoms with Crippen LogP contribution in [0.5, 0.6) is 5.75 Å². The van der Waals surface area contributed by atoms with Gasteiger partial charge in [-0.25, -0.2) is 0 Å². The van der Waals surface area contributed by atoms with Crippen LogP contribution in [0.1, 0.15) is 26.2 Å². The molecule has 1 amide bonds. The number of halogens is 1. The topological polar surface area (TPSA) is 55.6 Å². The molecular formula is C14H19ClN2O2. The third-order valence-corrected chi connectivity index (χ3v) is 3.59. The van der Waals surface area contributed by atoms with E-state index in [9.17, 15) is 4.79 Å². The summed E-state index contributed by atoms with van der Waals surface area (Å²) in [7, 11) is 0. The number of anilines is 1. The molecule has 0 aromatic heterocycles. The fraction of sp³-hybridized carbons (Fsp3) is 0.500. The first kappa shape index (κ1) is 14.0. The molecule has 1 aliphatic rings. The molecule has 1 unspecified atom stereocenters. The number of carbonyl (C=O) groups excluding carboxylic acids is 1. The van der Waals surface area contributed by atoms with Crippen LogP contribution in [0, 0.1) is 0 Å². The third kappa shape index (κ3) is 3.53. The van der Waals surface area contributed by atoms with Crippen molar-refractivity contribution in [3.63, 3.8) is 0 Å². The Kier molecular flexibility index (Phi) is 4.53. The Balaban J connectivity index is 2.01. The van der Waals surface area contributed by atoms with Gasteiger partial charge in [0.2, 0.25) is 0 Å². The Bertz CT molecular complexity index is 459. The van der Waals surface area contributed by atoms with Crippen LogP contribution in [-0.4, -0.2) is 30.0 Å². The number of nitrogen functional groups attached to an aromatic ring is 1. The van der Waals surface area contributed by atoms with E-state index in [4.69, 9.17) is 22.1 Å². The van der Waals surface area contributed by atoms with Crippen molar-refractivity contribution in [3.05, 3.63) is 23.2 Å². The maximum Gasteiger partial charge on any atom is 0.263 e. The molecule has 1 aromatic carbocycles. The highest BCUT2D eigenvalue weighted by molar-refractivity contribution is 6.32. The third-order valence-electron chi connectivity index (χ3n) is 3.27. The smallest absolute Gasteiger partial charge is 0.263 e. The van der Waals surface area contributed by atoms with Crippen molar-refractivity contribution in [2.75, 3.05) is 18.8 Å². The molecule has 0 aliphatic carbocycles. The first-order valence-corrected chi connectivity index (χ1v) is 6.96. The zero-order chi connectivity index (χ0) is 13.8. The molecule has 1 fully saturated rings. The Labute approximate surface area is 118 Å². The Morgan fingerprint density at radius 1 is 1.37 bits per heavy atom. The van der Waals surface area contributed by atoms with E-state index in [1.54, 1.807) is 25.1 Å². The average molecular weight is 283 g/mol. The number of nitrogens with zero attached hydrogens (tertiary/aromatic N) is 1. The molecule has 0 radical (unpaired) electrons. The van der Waals surface area contributed by atoms with E-state index in [0.29, 0.717) is 16.5 Å². The van der Waals surface area contributed by atoms with Gasteiger partial charge < -0.3 is 15.4 Å². The molecule has 0 spiro atoms. The van der Waals surface area contributed by atoms with Gasteiger partial charge in [-0.05, 0) is 38.3 Å². The highest BCUT2D eigenvalue weighted by Crippen LogP contribution is 2.27. The molecule has 104 valence electrons. The predicted molar refractivity (Wildman–Crippen MR) is 76.4 cm³/mol. The van der Waals surface area contributed by atoms with E-state index in [-0.39, 0.29) is 5.91 Å². The van der Waals surface area contributed by atoms with Gasteiger partial charge in [-0.15, -0.1) is 0 Å². The van der Waals surface area contributed by atoms with Crippen LogP contribution >= 0.6 is 11.6 Å². The second-order valence-electron chi connectivity index (χ2n) is 4.84. The lowest BCUT2D eigenvalue weighted by molar-refractivity contribution is -0.138. The fourth-order valence-corrected chi connectivity index (χ4v) is 2.38. The summed E-state index contributed by atoms with van der Waals surface area (Å²) >= 11 is 6.03. The van der Waals surface area contributed by atoms with E-state index < -0.39 is 6.10 Å². The van der Waals surface area contributed by atoms with E-state index in [2.05, 4.69) is 0 Å². The number of rotatable bonds is 3. The van der Waals surface area contributed by atoms with Crippen LogP contribution < -0.4 is 10.5 Å². The summed E-state index contributed by atoms with van der Waals surface area (Å²) in [6, 6.07) is 5.01. The molecule has 1 aliphatic heterocycles. The van der Waals surface area contributed by atoms with Crippen molar-refractivity contribution in [2.45, 2.75) is 32.3 Å². The Morgan fingerprint density at radius 3 is 2.74 bits per heavy atom. The largest absolute Gasteiger partial charge is 0.479 e. The maximum atomic E-state index is 12.2. The van der Waals surface area contributed by atoms with Gasteiger partial charge in [0.1, 0.15) is 5.75 Å². The van der Waals surface area contributed by atoms with Crippen molar-refractivity contribution in [1.82, 2.24) is 4.90 Å². The lowest BCUT2D eigenvalue weighted by Crippen LogP contribution is -2.43. The molecule has 4 nitrogen and oxygen atoms in total. The molecule has 1 heterocycles. The first-order chi connectivity index (χ1) is 9.08. The summed E-state index contributed by atoms with van der Waals surface area (Å²) in [6.07, 6.45) is 2.78. The molecule has 1 aromatic rings. The molecule has 19 heavy (non-hydrogen) atoms. The normalized spacial score (nSPS) is 17.1. The van der Waals surface area contributed by atoms with Gasteiger partial charge in [-0.3, -0.25) is 4.79 Å². The summed E-state index contributed by atoms with van der Waals surface area (Å²) < 4.78 is 5.64. The summed E-state index contributed by atoms with van der Waals surface area (Å²) in [5.41, 5.74) is 6.25. The fourth-order valence-electron chi connectivity index (χ4n) is 2.22. The van der Waals surface area contributed by atoms with Crippen LogP contribution in [0.2, 0.25) is 5.02 Å². The number of hydrogen-bond acceptors (Lipinski definition) is 3. The highest BCUT2D eigenvalue weighted by Gasteiger charge is 2.24. The molecule has 1 saturated heterocycles. The van der Waals surface area contributed by atoms with Crippen molar-refractivity contribution < 1.29 is 9.53 Å². The number of likely N-dealkylation sites (tertiary alicyclic amines) is 1. The molecule has 5 heteroatoms. The second-order valence-corrected chi connectivity index (χ2v) is 5.24. The Morgan fingerprint density at radius 2 is 2.05 bits per heavy atom. The monoisotopic (exact) mass is 282 g/mol. The second kappa shape index (κ2) is 6.15. The van der Waals surface area contributed by atoms with Gasteiger partial charge in [0.25, 0.3) is 5.91 Å². The van der Waals surface area contributed by atoms with Gasteiger partial charge >= 0.3 is 0 Å². The van der Waals surface area contributed by atoms with Crippen molar-refractivity contribution >= 4 is 23.2 Å². The van der Waals surface area contributed by atoms with E-state index >= 15 is 0 Å². The lowest BCUT2D eigenvalue weighted by atomic mass is 10.1. The Hall–Kier alpha value is -1.42. The summed E-state index contributed by atoms with van der Waals surface area (Å²) in [6.45, 7) is 3.38. The van der Waals surface area contributed by atoms with Gasteiger partial charge in [-0.1, -0.05) is 11.6 Å². The quantitative estimate of drug-likeness (QED) is 0.867. The number of carbonyl (C=O) groups is 1. The number of ether oxygens (including phenoxy) is 1. The molecule has 0 saturated carbocycles. The van der Waals surface area contributed by atoms with Gasteiger partial charge in [0.05, 0.1) is 5.02 Å². The van der Waals surface area contributed by atoms with Crippen LogP contribution in [0.25, 0.3) is 0 Å². The molecular weight excluding hydrogens is 264 g/mol. The molecule has 1 atom stereocenters. The first-order valence-electron chi connectivity index (χ1n) is 6.58. The van der Waals surface area contributed by atoms with Gasteiger partial charge in [0, 0.05) is 24.8 Å². The van der Waals surface area contributed by atoms with Crippen molar-refractivity contribution in [3.8, 4) is 5.75 Å².